The Morgan fingerprint density at radius 2 is 2.00 bits per heavy atom. The number of hydrogen-bond acceptors (Lipinski definition) is 4. The molecule has 1 amide bonds. The summed E-state index contributed by atoms with van der Waals surface area (Å²) in [5.41, 5.74) is 1.56. The van der Waals surface area contributed by atoms with E-state index in [0.29, 0.717) is 22.6 Å². The van der Waals surface area contributed by atoms with Gasteiger partial charge < -0.3 is 14.2 Å². The number of fused-ring (bicyclic) bond motifs is 2. The highest BCUT2D eigenvalue weighted by Crippen LogP contribution is 2.34. The monoisotopic (exact) mass is 361 g/mol. The largest absolute Gasteiger partial charge is 0.459 e. The lowest BCUT2D eigenvalue weighted by atomic mass is 10.1. The smallest absolute Gasteiger partial charge is 0.291 e. The maximum atomic E-state index is 15.2. The summed E-state index contributed by atoms with van der Waals surface area (Å²) in [5.74, 6) is -0.598. The number of halogens is 1. The molecule has 2 aromatic carbocycles. The summed E-state index contributed by atoms with van der Waals surface area (Å²) in [6.07, 6.45) is 1.38. The molecule has 132 valence electrons. The zero-order valence-corrected chi connectivity index (χ0v) is 13.8. The van der Waals surface area contributed by atoms with Gasteiger partial charge in [-0.25, -0.2) is 4.39 Å². The molecule has 2 N–H and O–H groups in total. The SMILES string of the molecule is O=C(Nc1ccc2[nH]nc(-c3cc4ccccc4o3)c2c1F)c1ccco1. The fraction of sp³-hybridized carbons (Fsp3) is 0. The van der Waals surface area contributed by atoms with Gasteiger partial charge in [-0.1, -0.05) is 18.2 Å². The van der Waals surface area contributed by atoms with Crippen molar-refractivity contribution < 1.29 is 18.0 Å². The van der Waals surface area contributed by atoms with Gasteiger partial charge >= 0.3 is 0 Å². The van der Waals surface area contributed by atoms with Crippen molar-refractivity contribution in [3.63, 3.8) is 0 Å². The molecule has 3 aromatic heterocycles. The minimum absolute atomic E-state index is 0.0302. The molecule has 0 bridgehead atoms. The Morgan fingerprint density at radius 1 is 1.11 bits per heavy atom. The lowest BCUT2D eigenvalue weighted by molar-refractivity contribution is 0.0996. The van der Waals surface area contributed by atoms with Crippen LogP contribution in [0, 0.1) is 5.82 Å². The number of rotatable bonds is 3. The van der Waals surface area contributed by atoms with Gasteiger partial charge in [0.25, 0.3) is 5.91 Å². The van der Waals surface area contributed by atoms with E-state index in [0.717, 1.165) is 5.39 Å². The number of nitrogens with zero attached hydrogens (tertiary/aromatic N) is 1. The van der Waals surface area contributed by atoms with E-state index in [9.17, 15) is 4.79 Å². The van der Waals surface area contributed by atoms with Gasteiger partial charge in [0, 0.05) is 5.39 Å². The number of furan rings is 2. The summed E-state index contributed by atoms with van der Waals surface area (Å²) >= 11 is 0. The number of H-pyrrole nitrogens is 1. The number of carbonyl (C=O) groups is 1. The quantitative estimate of drug-likeness (QED) is 0.476. The second-order valence-corrected chi connectivity index (χ2v) is 6.00. The summed E-state index contributed by atoms with van der Waals surface area (Å²) in [6.45, 7) is 0. The Balaban J connectivity index is 1.61. The van der Waals surface area contributed by atoms with Crippen LogP contribution in [0.1, 0.15) is 10.6 Å². The third-order valence-corrected chi connectivity index (χ3v) is 4.32. The minimum atomic E-state index is -0.600. The number of aromatic amines is 1. The van der Waals surface area contributed by atoms with Crippen molar-refractivity contribution in [2.75, 3.05) is 5.32 Å². The molecule has 0 radical (unpaired) electrons. The van der Waals surface area contributed by atoms with Gasteiger partial charge in [-0.15, -0.1) is 0 Å². The van der Waals surface area contributed by atoms with Crippen LogP contribution < -0.4 is 5.32 Å². The van der Waals surface area contributed by atoms with Gasteiger partial charge in [-0.05, 0) is 36.4 Å². The first-order valence-electron chi connectivity index (χ1n) is 8.21. The van der Waals surface area contributed by atoms with Crippen molar-refractivity contribution >= 4 is 33.5 Å². The molecule has 0 saturated carbocycles. The van der Waals surface area contributed by atoms with Gasteiger partial charge in [-0.3, -0.25) is 9.89 Å². The molecule has 0 unspecified atom stereocenters. The number of anilines is 1. The third-order valence-electron chi connectivity index (χ3n) is 4.32. The van der Waals surface area contributed by atoms with Gasteiger partial charge in [0.15, 0.2) is 17.3 Å². The van der Waals surface area contributed by atoms with Crippen molar-refractivity contribution in [3.05, 3.63) is 72.4 Å². The summed E-state index contributed by atoms with van der Waals surface area (Å²) < 4.78 is 26.0. The van der Waals surface area contributed by atoms with Gasteiger partial charge in [0.05, 0.1) is 22.9 Å². The normalized spacial score (nSPS) is 11.3. The Hall–Kier alpha value is -3.87. The lowest BCUT2D eigenvalue weighted by Crippen LogP contribution is -2.12. The average molecular weight is 361 g/mol. The molecule has 6 nitrogen and oxygen atoms in total. The van der Waals surface area contributed by atoms with Crippen LogP contribution in [0.5, 0.6) is 0 Å². The van der Waals surface area contributed by atoms with Crippen LogP contribution >= 0.6 is 0 Å². The molecule has 0 aliphatic heterocycles. The van der Waals surface area contributed by atoms with Crippen LogP contribution in [0.25, 0.3) is 33.3 Å². The molecule has 7 heteroatoms. The second-order valence-electron chi connectivity index (χ2n) is 6.00. The Labute approximate surface area is 151 Å². The lowest BCUT2D eigenvalue weighted by Gasteiger charge is -2.06. The van der Waals surface area contributed by atoms with Crippen molar-refractivity contribution in [3.8, 4) is 11.5 Å². The number of nitrogens with one attached hydrogen (secondary N) is 2. The number of hydrogen-bond donors (Lipinski definition) is 2. The molecule has 0 atom stereocenters. The maximum absolute atomic E-state index is 15.2. The van der Waals surface area contributed by atoms with E-state index < -0.39 is 11.7 Å². The van der Waals surface area contributed by atoms with Crippen LogP contribution in [-0.4, -0.2) is 16.1 Å². The first-order chi connectivity index (χ1) is 13.2. The van der Waals surface area contributed by atoms with Crippen LogP contribution in [0.15, 0.2) is 69.7 Å². The van der Waals surface area contributed by atoms with Crippen molar-refractivity contribution in [2.45, 2.75) is 0 Å². The molecule has 0 aliphatic rings. The number of carbonyl (C=O) groups excluding carboxylic acids is 1. The topological polar surface area (TPSA) is 84.1 Å². The summed E-state index contributed by atoms with van der Waals surface area (Å²) in [6, 6.07) is 15.5. The molecule has 3 heterocycles. The summed E-state index contributed by atoms with van der Waals surface area (Å²) in [5, 5.41) is 10.7. The highest BCUT2D eigenvalue weighted by atomic mass is 19.1. The fourth-order valence-electron chi connectivity index (χ4n) is 3.04. The molecule has 0 fully saturated rings. The fourth-order valence-corrected chi connectivity index (χ4v) is 3.04. The van der Waals surface area contributed by atoms with Crippen LogP contribution in [0.2, 0.25) is 0 Å². The third kappa shape index (κ3) is 2.48. The van der Waals surface area contributed by atoms with E-state index in [-0.39, 0.29) is 16.8 Å². The minimum Gasteiger partial charge on any atom is -0.459 e. The van der Waals surface area contributed by atoms with E-state index in [2.05, 4.69) is 15.5 Å². The second kappa shape index (κ2) is 5.84. The van der Waals surface area contributed by atoms with E-state index in [4.69, 9.17) is 8.83 Å². The Bertz CT molecular complexity index is 1250. The van der Waals surface area contributed by atoms with Crippen molar-refractivity contribution in [1.29, 1.82) is 0 Å². The average Bonchev–Trinajstić information content (AvgIpc) is 3.42. The number of para-hydroxylation sites is 1. The predicted molar refractivity (Wildman–Crippen MR) is 97.9 cm³/mol. The van der Waals surface area contributed by atoms with Crippen LogP contribution in [0.4, 0.5) is 10.1 Å². The molecule has 5 rings (SSSR count). The number of benzene rings is 2. The molecule has 0 spiro atoms. The first-order valence-corrected chi connectivity index (χ1v) is 8.21. The van der Waals surface area contributed by atoms with Crippen molar-refractivity contribution in [1.82, 2.24) is 10.2 Å². The number of amides is 1. The molecular formula is C20H12FN3O3. The molecular weight excluding hydrogens is 349 g/mol. The van der Waals surface area contributed by atoms with Crippen LogP contribution in [0.3, 0.4) is 0 Å². The van der Waals surface area contributed by atoms with Gasteiger partial charge in [0.1, 0.15) is 11.3 Å². The Kier molecular flexibility index (Phi) is 3.33. The van der Waals surface area contributed by atoms with E-state index in [1.165, 1.54) is 18.4 Å². The first kappa shape index (κ1) is 15.4. The molecule has 27 heavy (non-hydrogen) atoms. The molecule has 5 aromatic rings. The zero-order valence-electron chi connectivity index (χ0n) is 13.8. The Morgan fingerprint density at radius 3 is 2.81 bits per heavy atom. The van der Waals surface area contributed by atoms with Crippen molar-refractivity contribution in [2.24, 2.45) is 0 Å². The summed E-state index contributed by atoms with van der Waals surface area (Å²) in [7, 11) is 0. The van der Waals surface area contributed by atoms with E-state index in [1.807, 2.05) is 24.3 Å². The molecule has 0 saturated heterocycles. The highest BCUT2D eigenvalue weighted by Gasteiger charge is 2.20. The highest BCUT2D eigenvalue weighted by molar-refractivity contribution is 6.04. The number of aromatic nitrogens is 2. The maximum Gasteiger partial charge on any atom is 0.291 e. The van der Waals surface area contributed by atoms with Gasteiger partial charge in [0.2, 0.25) is 0 Å². The zero-order chi connectivity index (χ0) is 18.4. The van der Waals surface area contributed by atoms with Crippen LogP contribution in [-0.2, 0) is 0 Å². The van der Waals surface area contributed by atoms with Gasteiger partial charge in [-0.2, -0.15) is 5.10 Å². The summed E-state index contributed by atoms with van der Waals surface area (Å²) in [4.78, 5) is 12.2. The standard InChI is InChI=1S/C20H12FN3O3/c21-18-13(22-20(25)15-6-3-9-26-15)8-7-12-17(18)19(24-23-12)16-10-11-4-1-2-5-14(11)27-16/h1-10H,(H,22,25)(H,23,24). The predicted octanol–water partition coefficient (Wildman–Crippen LogP) is 4.96. The molecule has 0 aliphatic carbocycles. The van der Waals surface area contributed by atoms with E-state index >= 15 is 4.39 Å². The van der Waals surface area contributed by atoms with E-state index in [1.54, 1.807) is 18.2 Å².